The molecule has 1 nitrogen and oxygen atoms in total. The van der Waals surface area contributed by atoms with E-state index >= 15 is 0 Å². The fraction of sp³-hybridized carbons (Fsp3) is 0.625. The van der Waals surface area contributed by atoms with Crippen molar-refractivity contribution in [3.05, 3.63) is 34.3 Å². The lowest BCUT2D eigenvalue weighted by atomic mass is 9.77. The van der Waals surface area contributed by atoms with Crippen LogP contribution in [0.15, 0.2) is 18.2 Å². The maximum absolute atomic E-state index is 6.35. The van der Waals surface area contributed by atoms with Gasteiger partial charge in [0, 0.05) is 11.1 Å². The normalized spacial score (nSPS) is 17.5. The Labute approximate surface area is 116 Å². The average molecular weight is 266 g/mol. The lowest BCUT2D eigenvalue weighted by molar-refractivity contribution is 0.227. The summed E-state index contributed by atoms with van der Waals surface area (Å²) in [5.41, 5.74) is 2.54. The maximum Gasteiger partial charge on any atom is 0.0441 e. The third-order valence-electron chi connectivity index (χ3n) is 4.02. The van der Waals surface area contributed by atoms with Gasteiger partial charge in [0.2, 0.25) is 0 Å². The fourth-order valence-corrected chi connectivity index (χ4v) is 2.94. The largest absolute Gasteiger partial charge is 0.313 e. The molecule has 0 spiro atoms. The molecule has 0 aliphatic heterocycles. The van der Waals surface area contributed by atoms with Gasteiger partial charge in [-0.2, -0.15) is 0 Å². The van der Waals surface area contributed by atoms with E-state index < -0.39 is 0 Å². The smallest absolute Gasteiger partial charge is 0.0441 e. The molecule has 0 heterocycles. The number of hydrogen-bond donors (Lipinski definition) is 1. The van der Waals surface area contributed by atoms with Gasteiger partial charge in [0.1, 0.15) is 0 Å². The number of benzene rings is 1. The summed E-state index contributed by atoms with van der Waals surface area (Å²) in [5.74, 6) is 0.855. The van der Waals surface area contributed by atoms with Crippen LogP contribution in [-0.2, 0) is 6.42 Å². The third kappa shape index (κ3) is 3.49. The minimum atomic E-state index is 0.610. The first-order chi connectivity index (χ1) is 8.70. The molecular weight excluding hydrogens is 242 g/mol. The van der Waals surface area contributed by atoms with Gasteiger partial charge >= 0.3 is 0 Å². The highest BCUT2D eigenvalue weighted by Crippen LogP contribution is 2.32. The molecule has 1 aliphatic carbocycles. The number of rotatable bonds is 6. The average Bonchev–Trinajstić information content (AvgIpc) is 2.27. The van der Waals surface area contributed by atoms with Crippen molar-refractivity contribution < 1.29 is 0 Å². The van der Waals surface area contributed by atoms with Gasteiger partial charge in [0.05, 0.1) is 0 Å². The van der Waals surface area contributed by atoms with E-state index in [2.05, 4.69) is 37.4 Å². The predicted octanol–water partition coefficient (Wildman–Crippen LogP) is 4.36. The van der Waals surface area contributed by atoms with E-state index in [9.17, 15) is 0 Å². The number of nitrogens with one attached hydrogen (secondary N) is 1. The number of aryl methyl sites for hydroxylation is 1. The Morgan fingerprint density at radius 2 is 2.17 bits per heavy atom. The van der Waals surface area contributed by atoms with E-state index in [0.29, 0.717) is 6.04 Å². The van der Waals surface area contributed by atoms with Crippen LogP contribution in [0.4, 0.5) is 0 Å². The van der Waals surface area contributed by atoms with Gasteiger partial charge in [-0.05, 0) is 62.3 Å². The molecule has 100 valence electrons. The molecule has 1 N–H and O–H groups in total. The zero-order valence-corrected chi connectivity index (χ0v) is 12.3. The van der Waals surface area contributed by atoms with Crippen molar-refractivity contribution in [2.75, 3.05) is 6.54 Å². The highest BCUT2D eigenvalue weighted by molar-refractivity contribution is 6.31. The molecule has 18 heavy (non-hydrogen) atoms. The fourth-order valence-electron chi connectivity index (χ4n) is 2.63. The van der Waals surface area contributed by atoms with Crippen molar-refractivity contribution in [3.8, 4) is 0 Å². The minimum Gasteiger partial charge on any atom is -0.313 e. The SMILES string of the molecule is CCCNC(Cc1ccc(C)cc1Cl)C1CCC1. The molecule has 0 radical (unpaired) electrons. The van der Waals surface area contributed by atoms with Gasteiger partial charge < -0.3 is 5.32 Å². The Kier molecular flexibility index (Phi) is 5.08. The van der Waals surface area contributed by atoms with Crippen LogP contribution in [0.3, 0.4) is 0 Å². The highest BCUT2D eigenvalue weighted by Gasteiger charge is 2.27. The number of halogens is 1. The molecule has 0 aromatic heterocycles. The van der Waals surface area contributed by atoms with E-state index in [1.54, 1.807) is 0 Å². The molecule has 1 saturated carbocycles. The zero-order chi connectivity index (χ0) is 13.0. The Morgan fingerprint density at radius 3 is 2.72 bits per heavy atom. The summed E-state index contributed by atoms with van der Waals surface area (Å²) >= 11 is 6.35. The van der Waals surface area contributed by atoms with Crippen LogP contribution in [0, 0.1) is 12.8 Å². The lowest BCUT2D eigenvalue weighted by Gasteiger charge is -2.35. The van der Waals surface area contributed by atoms with Gasteiger partial charge in [-0.3, -0.25) is 0 Å². The Bertz CT molecular complexity index is 385. The lowest BCUT2D eigenvalue weighted by Crippen LogP contribution is -2.41. The van der Waals surface area contributed by atoms with E-state index in [4.69, 9.17) is 11.6 Å². The van der Waals surface area contributed by atoms with Crippen molar-refractivity contribution in [3.63, 3.8) is 0 Å². The van der Waals surface area contributed by atoms with Crippen molar-refractivity contribution >= 4 is 11.6 Å². The first-order valence-electron chi connectivity index (χ1n) is 7.19. The van der Waals surface area contributed by atoms with E-state index in [0.717, 1.165) is 23.9 Å². The minimum absolute atomic E-state index is 0.610. The van der Waals surface area contributed by atoms with Gasteiger partial charge in [0.25, 0.3) is 0 Å². The summed E-state index contributed by atoms with van der Waals surface area (Å²) in [6, 6.07) is 7.04. The Balaban J connectivity index is 2.02. The van der Waals surface area contributed by atoms with Gasteiger partial charge in [0.15, 0.2) is 0 Å². The van der Waals surface area contributed by atoms with Crippen LogP contribution in [0.1, 0.15) is 43.7 Å². The van der Waals surface area contributed by atoms with Crippen LogP contribution in [0.25, 0.3) is 0 Å². The molecular formula is C16H24ClN. The van der Waals surface area contributed by atoms with Gasteiger partial charge in [-0.25, -0.2) is 0 Å². The van der Waals surface area contributed by atoms with E-state index in [1.165, 1.54) is 36.8 Å². The van der Waals surface area contributed by atoms with E-state index in [-0.39, 0.29) is 0 Å². The summed E-state index contributed by atoms with van der Waals surface area (Å²) in [6.45, 7) is 5.43. The second-order valence-corrected chi connectivity index (χ2v) is 5.96. The van der Waals surface area contributed by atoms with Crippen LogP contribution >= 0.6 is 11.6 Å². The van der Waals surface area contributed by atoms with Crippen LogP contribution in [0.5, 0.6) is 0 Å². The first-order valence-corrected chi connectivity index (χ1v) is 7.57. The number of hydrogen-bond acceptors (Lipinski definition) is 1. The van der Waals surface area contributed by atoms with Crippen molar-refractivity contribution in [2.24, 2.45) is 5.92 Å². The summed E-state index contributed by atoms with van der Waals surface area (Å²) in [6.07, 6.45) is 6.43. The molecule has 1 aromatic carbocycles. The molecule has 1 atom stereocenters. The predicted molar refractivity (Wildman–Crippen MR) is 79.3 cm³/mol. The standard InChI is InChI=1S/C16H24ClN/c1-3-9-18-16(13-5-4-6-13)11-14-8-7-12(2)10-15(14)17/h7-8,10,13,16,18H,3-6,9,11H2,1-2H3. The second-order valence-electron chi connectivity index (χ2n) is 5.55. The third-order valence-corrected chi connectivity index (χ3v) is 4.38. The first kappa shape index (κ1) is 13.9. The summed E-state index contributed by atoms with van der Waals surface area (Å²) in [4.78, 5) is 0. The Hall–Kier alpha value is -0.530. The van der Waals surface area contributed by atoms with Crippen LogP contribution in [0.2, 0.25) is 5.02 Å². The molecule has 0 saturated heterocycles. The summed E-state index contributed by atoms with van der Waals surface area (Å²) in [5, 5.41) is 4.63. The topological polar surface area (TPSA) is 12.0 Å². The van der Waals surface area contributed by atoms with Crippen LogP contribution in [-0.4, -0.2) is 12.6 Å². The molecule has 1 fully saturated rings. The molecule has 0 bridgehead atoms. The highest BCUT2D eigenvalue weighted by atomic mass is 35.5. The second kappa shape index (κ2) is 6.58. The van der Waals surface area contributed by atoms with Crippen molar-refractivity contribution in [1.82, 2.24) is 5.32 Å². The molecule has 0 amide bonds. The molecule has 2 rings (SSSR count). The van der Waals surface area contributed by atoms with Gasteiger partial charge in [-0.15, -0.1) is 0 Å². The molecule has 1 aromatic rings. The van der Waals surface area contributed by atoms with Crippen molar-refractivity contribution in [1.29, 1.82) is 0 Å². The van der Waals surface area contributed by atoms with Crippen molar-refractivity contribution in [2.45, 2.75) is 52.0 Å². The van der Waals surface area contributed by atoms with Crippen LogP contribution < -0.4 is 5.32 Å². The Morgan fingerprint density at radius 1 is 1.39 bits per heavy atom. The zero-order valence-electron chi connectivity index (χ0n) is 11.5. The maximum atomic E-state index is 6.35. The van der Waals surface area contributed by atoms with E-state index in [1.807, 2.05) is 0 Å². The monoisotopic (exact) mass is 265 g/mol. The quantitative estimate of drug-likeness (QED) is 0.806. The summed E-state index contributed by atoms with van der Waals surface area (Å²) in [7, 11) is 0. The molecule has 1 unspecified atom stereocenters. The summed E-state index contributed by atoms with van der Waals surface area (Å²) < 4.78 is 0. The molecule has 2 heteroatoms. The van der Waals surface area contributed by atoms with Gasteiger partial charge in [-0.1, -0.05) is 37.1 Å². The molecule has 1 aliphatic rings.